The second kappa shape index (κ2) is 7.12. The van der Waals surface area contributed by atoms with Gasteiger partial charge < -0.3 is 10.4 Å². The van der Waals surface area contributed by atoms with E-state index in [4.69, 9.17) is 9.97 Å². The Morgan fingerprint density at radius 3 is 2.72 bits per heavy atom. The fraction of sp³-hybridized carbons (Fsp3) is 0.409. The molecule has 3 N–H and O–H groups in total. The molecular formula is C22H24N8OS. The molecule has 10 heteroatoms. The number of aromatic nitrogens is 6. The van der Waals surface area contributed by atoms with Crippen molar-refractivity contribution in [1.82, 2.24) is 29.9 Å². The maximum Gasteiger partial charge on any atom is 0.165 e. The monoisotopic (exact) mass is 448 g/mol. The summed E-state index contributed by atoms with van der Waals surface area (Å²) in [6, 6.07) is 6.15. The van der Waals surface area contributed by atoms with Crippen molar-refractivity contribution in [3.63, 3.8) is 0 Å². The Kier molecular flexibility index (Phi) is 4.58. The Balaban J connectivity index is 1.60. The van der Waals surface area contributed by atoms with Crippen molar-refractivity contribution in [1.29, 1.82) is 5.26 Å². The minimum absolute atomic E-state index is 0.484. The average molecular weight is 449 g/mol. The van der Waals surface area contributed by atoms with Crippen LogP contribution in [0.15, 0.2) is 24.5 Å². The summed E-state index contributed by atoms with van der Waals surface area (Å²) in [6.45, 7) is 7.10. The van der Waals surface area contributed by atoms with Gasteiger partial charge in [-0.05, 0) is 46.6 Å². The number of nitrogens with zero attached hydrogens (tertiary/aromatic N) is 6. The molecule has 0 amide bonds. The van der Waals surface area contributed by atoms with Crippen LogP contribution in [0.1, 0.15) is 57.0 Å². The van der Waals surface area contributed by atoms with Crippen molar-refractivity contribution in [2.75, 3.05) is 5.32 Å². The van der Waals surface area contributed by atoms with Gasteiger partial charge in [-0.25, -0.2) is 9.97 Å². The average Bonchev–Trinajstić information content (AvgIpc) is 3.14. The van der Waals surface area contributed by atoms with Gasteiger partial charge in [0.05, 0.1) is 33.6 Å². The zero-order chi connectivity index (χ0) is 22.7. The minimum Gasteiger partial charge on any atom is -0.385 e. The fourth-order valence-electron chi connectivity index (χ4n) is 3.37. The van der Waals surface area contributed by atoms with E-state index < -0.39 is 11.1 Å². The molecule has 164 valence electrons. The third-order valence-electron chi connectivity index (χ3n) is 5.52. The molecule has 5 rings (SSSR count). The first-order valence-corrected chi connectivity index (χ1v) is 11.3. The third-order valence-corrected chi connectivity index (χ3v) is 6.97. The van der Waals surface area contributed by atoms with E-state index in [1.165, 1.54) is 24.2 Å². The highest BCUT2D eigenvalue weighted by Crippen LogP contribution is 2.41. The lowest BCUT2D eigenvalue weighted by molar-refractivity contribution is 0.0826. The van der Waals surface area contributed by atoms with Crippen LogP contribution in [0.4, 0.5) is 11.6 Å². The molecule has 4 heterocycles. The summed E-state index contributed by atoms with van der Waals surface area (Å²) >= 11 is 1.45. The minimum atomic E-state index is -0.990. The number of aromatic amines is 1. The summed E-state index contributed by atoms with van der Waals surface area (Å²) in [4.78, 5) is 10.3. The number of aliphatic hydroxyl groups is 1. The second-order valence-corrected chi connectivity index (χ2v) is 10.3. The number of nitriles is 1. The molecule has 4 aromatic rings. The Labute approximate surface area is 189 Å². The standard InChI is InChI=1S/C22H24N8OS/c1-21(2,11-23)30-10-13(9-24-30)19-25-15-7-16(22(3,4)31)32-18(15)20(27-19)26-17-8-14(28-29-17)12-5-6-12/h7-10,12,31H,5-6H2,1-4H3,(H2,25,26,27,28,29). The van der Waals surface area contributed by atoms with E-state index in [9.17, 15) is 10.4 Å². The molecule has 0 aromatic carbocycles. The van der Waals surface area contributed by atoms with Gasteiger partial charge in [-0.1, -0.05) is 0 Å². The van der Waals surface area contributed by atoms with Crippen molar-refractivity contribution in [2.45, 2.75) is 57.6 Å². The van der Waals surface area contributed by atoms with E-state index in [0.29, 0.717) is 28.9 Å². The van der Waals surface area contributed by atoms with Crippen molar-refractivity contribution < 1.29 is 5.11 Å². The highest BCUT2D eigenvalue weighted by atomic mass is 32.1. The number of H-pyrrole nitrogens is 1. The first-order valence-electron chi connectivity index (χ1n) is 10.5. The Hall–Kier alpha value is -3.29. The Bertz CT molecular complexity index is 1350. The molecule has 0 saturated heterocycles. The number of anilines is 2. The van der Waals surface area contributed by atoms with Crippen LogP contribution in [0.5, 0.6) is 0 Å². The number of hydrogen-bond acceptors (Lipinski definition) is 8. The normalized spacial score (nSPS) is 14.6. The Morgan fingerprint density at radius 1 is 1.25 bits per heavy atom. The van der Waals surface area contributed by atoms with E-state index in [-0.39, 0.29) is 0 Å². The lowest BCUT2D eigenvalue weighted by Gasteiger charge is -2.15. The highest BCUT2D eigenvalue weighted by Gasteiger charge is 2.27. The van der Waals surface area contributed by atoms with Crippen molar-refractivity contribution in [3.05, 3.63) is 35.1 Å². The van der Waals surface area contributed by atoms with Gasteiger partial charge in [-0.15, -0.1) is 11.3 Å². The van der Waals surface area contributed by atoms with Gasteiger partial charge in [0.2, 0.25) is 0 Å². The maximum atomic E-state index is 10.5. The summed E-state index contributed by atoms with van der Waals surface area (Å²) in [6.07, 6.45) is 5.81. The van der Waals surface area contributed by atoms with Gasteiger partial charge in [0.15, 0.2) is 17.5 Å². The van der Waals surface area contributed by atoms with Crippen LogP contribution in [0, 0.1) is 11.3 Å². The predicted octanol–water partition coefficient (Wildman–Crippen LogP) is 4.38. The molecule has 0 aliphatic heterocycles. The fourth-order valence-corrected chi connectivity index (χ4v) is 4.41. The van der Waals surface area contributed by atoms with Crippen LogP contribution in [0.3, 0.4) is 0 Å². The number of nitrogens with one attached hydrogen (secondary N) is 2. The van der Waals surface area contributed by atoms with Crippen LogP contribution in [-0.2, 0) is 11.1 Å². The summed E-state index contributed by atoms with van der Waals surface area (Å²) in [5.41, 5.74) is 0.783. The number of rotatable bonds is 6. The molecule has 1 saturated carbocycles. The highest BCUT2D eigenvalue weighted by molar-refractivity contribution is 7.19. The summed E-state index contributed by atoms with van der Waals surface area (Å²) in [7, 11) is 0. The SMILES string of the molecule is CC(C)(O)c1cc2nc(-c3cnn(C(C)(C)C#N)c3)nc(Nc3cc(C4CC4)[nH]n3)c2s1. The molecule has 32 heavy (non-hydrogen) atoms. The van der Waals surface area contributed by atoms with Gasteiger partial charge >= 0.3 is 0 Å². The van der Waals surface area contributed by atoms with Crippen molar-refractivity contribution in [2.24, 2.45) is 0 Å². The summed E-state index contributed by atoms with van der Waals surface area (Å²) in [5, 5.41) is 35.1. The zero-order valence-corrected chi connectivity index (χ0v) is 19.2. The number of fused-ring (bicyclic) bond motifs is 1. The largest absolute Gasteiger partial charge is 0.385 e. The summed E-state index contributed by atoms with van der Waals surface area (Å²) < 4.78 is 2.45. The van der Waals surface area contributed by atoms with E-state index in [0.717, 1.165) is 20.8 Å². The molecule has 1 fully saturated rings. The van der Waals surface area contributed by atoms with Gasteiger partial charge in [0, 0.05) is 28.8 Å². The van der Waals surface area contributed by atoms with Crippen LogP contribution < -0.4 is 5.32 Å². The molecule has 0 spiro atoms. The second-order valence-electron chi connectivity index (χ2n) is 9.23. The van der Waals surface area contributed by atoms with E-state index in [1.54, 1.807) is 44.8 Å². The van der Waals surface area contributed by atoms with E-state index >= 15 is 0 Å². The van der Waals surface area contributed by atoms with Crippen LogP contribution in [-0.4, -0.2) is 35.1 Å². The molecule has 0 unspecified atom stereocenters. The van der Waals surface area contributed by atoms with Gasteiger partial charge in [0.25, 0.3) is 0 Å². The van der Waals surface area contributed by atoms with Crippen molar-refractivity contribution >= 4 is 33.2 Å². The molecule has 1 aliphatic carbocycles. The predicted molar refractivity (Wildman–Crippen MR) is 123 cm³/mol. The van der Waals surface area contributed by atoms with Gasteiger partial charge in [-0.3, -0.25) is 9.78 Å². The number of hydrogen-bond donors (Lipinski definition) is 3. The van der Waals surface area contributed by atoms with E-state index in [2.05, 4.69) is 26.7 Å². The zero-order valence-electron chi connectivity index (χ0n) is 18.3. The quantitative estimate of drug-likeness (QED) is 0.399. The van der Waals surface area contributed by atoms with Crippen LogP contribution in [0.2, 0.25) is 0 Å². The molecular weight excluding hydrogens is 424 g/mol. The van der Waals surface area contributed by atoms with Gasteiger partial charge in [-0.2, -0.15) is 15.5 Å². The molecule has 0 bridgehead atoms. The lowest BCUT2D eigenvalue weighted by atomic mass is 10.1. The topological polar surface area (TPSA) is 128 Å². The molecule has 9 nitrogen and oxygen atoms in total. The molecule has 1 aliphatic rings. The van der Waals surface area contributed by atoms with Crippen molar-refractivity contribution in [3.8, 4) is 17.5 Å². The summed E-state index contributed by atoms with van der Waals surface area (Å²) in [5.74, 6) is 2.36. The number of thiophene rings is 1. The van der Waals surface area contributed by atoms with Gasteiger partial charge in [0.1, 0.15) is 5.54 Å². The first-order chi connectivity index (χ1) is 15.1. The molecule has 4 aromatic heterocycles. The van der Waals surface area contributed by atoms with E-state index in [1.807, 2.05) is 12.1 Å². The smallest absolute Gasteiger partial charge is 0.165 e. The molecule has 0 radical (unpaired) electrons. The van der Waals surface area contributed by atoms with Crippen LogP contribution in [0.25, 0.3) is 21.6 Å². The maximum absolute atomic E-state index is 10.5. The first kappa shape index (κ1) is 20.6. The lowest BCUT2D eigenvalue weighted by Crippen LogP contribution is -2.24. The molecule has 0 atom stereocenters. The Morgan fingerprint density at radius 2 is 2.03 bits per heavy atom. The third kappa shape index (κ3) is 3.74. The van der Waals surface area contributed by atoms with Crippen LogP contribution >= 0.6 is 11.3 Å².